The van der Waals surface area contributed by atoms with Gasteiger partial charge in [-0.3, -0.25) is 4.79 Å². The summed E-state index contributed by atoms with van der Waals surface area (Å²) in [4.78, 5) is 12.5. The van der Waals surface area contributed by atoms with Crippen molar-refractivity contribution >= 4 is 37.5 Å². The van der Waals surface area contributed by atoms with Crippen LogP contribution >= 0.6 is 15.9 Å². The molecule has 0 aliphatic carbocycles. The maximum Gasteiger partial charge on any atom is 0.244 e. The number of likely N-dealkylation sites (N-methyl/N-ethyl adjacent to an activating group) is 1. The van der Waals surface area contributed by atoms with Gasteiger partial charge in [0, 0.05) is 17.2 Å². The van der Waals surface area contributed by atoms with Crippen molar-refractivity contribution in [3.63, 3.8) is 0 Å². The summed E-state index contributed by atoms with van der Waals surface area (Å²) in [5.41, 5.74) is 3.52. The molecule has 0 atom stereocenters. The second-order valence-corrected chi connectivity index (χ2v) is 8.88. The number of anilines is 1. The summed E-state index contributed by atoms with van der Waals surface area (Å²) in [6, 6.07) is 10.7. The second kappa shape index (κ2) is 7.68. The number of para-hydroxylation sites is 1. The lowest BCUT2D eigenvalue weighted by Crippen LogP contribution is -2.35. The molecule has 0 aliphatic rings. The van der Waals surface area contributed by atoms with Crippen LogP contribution in [0.5, 0.6) is 0 Å². The van der Waals surface area contributed by atoms with Gasteiger partial charge in [-0.1, -0.05) is 24.3 Å². The minimum Gasteiger partial charge on any atom is -0.324 e. The third kappa shape index (κ3) is 4.48. The van der Waals surface area contributed by atoms with E-state index in [1.807, 2.05) is 39.0 Å². The Labute approximate surface area is 157 Å². The molecule has 134 valence electrons. The van der Waals surface area contributed by atoms with Crippen LogP contribution in [0.15, 0.2) is 45.8 Å². The predicted molar refractivity (Wildman–Crippen MR) is 103 cm³/mol. The fourth-order valence-corrected chi connectivity index (χ4v) is 4.74. The fraction of sp³-hybridized carbons (Fsp3) is 0.278. The van der Waals surface area contributed by atoms with E-state index in [1.54, 1.807) is 12.1 Å². The molecule has 25 heavy (non-hydrogen) atoms. The van der Waals surface area contributed by atoms with Gasteiger partial charge in [0.25, 0.3) is 0 Å². The van der Waals surface area contributed by atoms with E-state index in [2.05, 4.69) is 21.2 Å². The van der Waals surface area contributed by atoms with Crippen molar-refractivity contribution in [3.05, 3.63) is 57.6 Å². The average Bonchev–Trinajstić information content (AvgIpc) is 2.50. The van der Waals surface area contributed by atoms with Crippen molar-refractivity contribution in [3.8, 4) is 0 Å². The van der Waals surface area contributed by atoms with Gasteiger partial charge in [0.2, 0.25) is 15.9 Å². The number of benzene rings is 2. The number of aryl methyl sites for hydroxylation is 3. The lowest BCUT2D eigenvalue weighted by molar-refractivity contribution is -0.116. The van der Waals surface area contributed by atoms with Gasteiger partial charge in [0.15, 0.2) is 0 Å². The SMILES string of the molecule is Cc1ccc(S(=O)(=O)N(C)CC(=O)Nc2c(C)cccc2C)c(Br)c1. The molecule has 2 aromatic rings. The van der Waals surface area contributed by atoms with Crippen LogP contribution in [-0.2, 0) is 14.8 Å². The Bertz CT molecular complexity index is 890. The standard InChI is InChI=1S/C18H21BrN2O3S/c1-12-8-9-16(15(19)10-12)25(23,24)21(4)11-17(22)20-18-13(2)6-5-7-14(18)3/h5-10H,11H2,1-4H3,(H,20,22). The number of carbonyl (C=O) groups excluding carboxylic acids is 1. The molecular formula is C18H21BrN2O3S. The van der Waals surface area contributed by atoms with Crippen molar-refractivity contribution in [1.29, 1.82) is 0 Å². The van der Waals surface area contributed by atoms with Crippen LogP contribution in [-0.4, -0.2) is 32.2 Å². The zero-order valence-corrected chi connectivity index (χ0v) is 17.0. The maximum atomic E-state index is 12.7. The highest BCUT2D eigenvalue weighted by Gasteiger charge is 2.25. The lowest BCUT2D eigenvalue weighted by atomic mass is 10.1. The van der Waals surface area contributed by atoms with Gasteiger partial charge in [0.1, 0.15) is 0 Å². The van der Waals surface area contributed by atoms with Crippen LogP contribution in [0.1, 0.15) is 16.7 Å². The van der Waals surface area contributed by atoms with Crippen LogP contribution < -0.4 is 5.32 Å². The molecule has 0 unspecified atom stereocenters. The summed E-state index contributed by atoms with van der Waals surface area (Å²) >= 11 is 3.28. The van der Waals surface area contributed by atoms with Gasteiger partial charge in [-0.05, 0) is 65.5 Å². The summed E-state index contributed by atoms with van der Waals surface area (Å²) in [5, 5.41) is 2.80. The molecule has 0 heterocycles. The number of carbonyl (C=O) groups is 1. The molecule has 0 aliphatic heterocycles. The Balaban J connectivity index is 2.18. The third-order valence-corrected chi connectivity index (χ3v) is 6.67. The van der Waals surface area contributed by atoms with Crippen LogP contribution in [0.3, 0.4) is 0 Å². The highest BCUT2D eigenvalue weighted by molar-refractivity contribution is 9.10. The van der Waals surface area contributed by atoms with Gasteiger partial charge < -0.3 is 5.32 Å². The first-order valence-electron chi connectivity index (χ1n) is 7.71. The predicted octanol–water partition coefficient (Wildman–Crippen LogP) is 3.63. The molecule has 2 aromatic carbocycles. The average molecular weight is 425 g/mol. The Kier molecular flexibility index (Phi) is 6.03. The van der Waals surface area contributed by atoms with Crippen molar-refractivity contribution < 1.29 is 13.2 Å². The number of hydrogen-bond acceptors (Lipinski definition) is 3. The first kappa shape index (κ1) is 19.6. The van der Waals surface area contributed by atoms with E-state index in [0.29, 0.717) is 4.47 Å². The minimum absolute atomic E-state index is 0.139. The minimum atomic E-state index is -3.77. The topological polar surface area (TPSA) is 66.5 Å². The van der Waals surface area contributed by atoms with Crippen LogP contribution in [0.25, 0.3) is 0 Å². The van der Waals surface area contributed by atoms with Gasteiger partial charge in [-0.2, -0.15) is 4.31 Å². The first-order chi connectivity index (χ1) is 11.6. The molecule has 0 aromatic heterocycles. The highest BCUT2D eigenvalue weighted by atomic mass is 79.9. The molecule has 0 spiro atoms. The quantitative estimate of drug-likeness (QED) is 0.796. The Morgan fingerprint density at radius 3 is 2.28 bits per heavy atom. The highest BCUT2D eigenvalue weighted by Crippen LogP contribution is 2.25. The van der Waals surface area contributed by atoms with E-state index in [9.17, 15) is 13.2 Å². The summed E-state index contributed by atoms with van der Waals surface area (Å²) in [5.74, 6) is -0.383. The Morgan fingerprint density at radius 1 is 1.12 bits per heavy atom. The van der Waals surface area contributed by atoms with E-state index >= 15 is 0 Å². The fourth-order valence-electron chi connectivity index (χ4n) is 2.46. The molecule has 1 amide bonds. The molecular weight excluding hydrogens is 404 g/mol. The summed E-state index contributed by atoms with van der Waals surface area (Å²) < 4.78 is 26.9. The zero-order valence-electron chi connectivity index (χ0n) is 14.6. The van der Waals surface area contributed by atoms with Crippen LogP contribution in [0, 0.1) is 20.8 Å². The van der Waals surface area contributed by atoms with Crippen molar-refractivity contribution in [2.45, 2.75) is 25.7 Å². The molecule has 0 saturated heterocycles. The van der Waals surface area contributed by atoms with Gasteiger partial charge >= 0.3 is 0 Å². The van der Waals surface area contributed by atoms with Crippen molar-refractivity contribution in [2.75, 3.05) is 18.9 Å². The third-order valence-electron chi connectivity index (χ3n) is 3.89. The van der Waals surface area contributed by atoms with Gasteiger partial charge in [-0.25, -0.2) is 8.42 Å². The second-order valence-electron chi connectivity index (χ2n) is 6.01. The maximum absolute atomic E-state index is 12.7. The van der Waals surface area contributed by atoms with Gasteiger partial charge in [0.05, 0.1) is 11.4 Å². The monoisotopic (exact) mass is 424 g/mol. The van der Waals surface area contributed by atoms with Crippen molar-refractivity contribution in [2.24, 2.45) is 0 Å². The summed E-state index contributed by atoms with van der Waals surface area (Å²) in [6.45, 7) is 5.40. The van der Waals surface area contributed by atoms with E-state index in [1.165, 1.54) is 13.1 Å². The molecule has 2 rings (SSSR count). The van der Waals surface area contributed by atoms with Crippen LogP contribution in [0.4, 0.5) is 5.69 Å². The number of nitrogens with one attached hydrogen (secondary N) is 1. The smallest absolute Gasteiger partial charge is 0.244 e. The number of hydrogen-bond donors (Lipinski definition) is 1. The Morgan fingerprint density at radius 2 is 1.72 bits per heavy atom. The number of rotatable bonds is 5. The van der Waals surface area contributed by atoms with E-state index in [4.69, 9.17) is 0 Å². The summed E-state index contributed by atoms with van der Waals surface area (Å²) in [7, 11) is -2.37. The number of halogens is 1. The summed E-state index contributed by atoms with van der Waals surface area (Å²) in [6.07, 6.45) is 0. The molecule has 0 fully saturated rings. The van der Waals surface area contributed by atoms with Crippen molar-refractivity contribution in [1.82, 2.24) is 4.31 Å². The molecule has 0 radical (unpaired) electrons. The van der Waals surface area contributed by atoms with Crippen LogP contribution in [0.2, 0.25) is 0 Å². The largest absolute Gasteiger partial charge is 0.324 e. The molecule has 7 heteroatoms. The Hall–Kier alpha value is -1.70. The number of amides is 1. The molecule has 1 N–H and O–H groups in total. The molecule has 5 nitrogen and oxygen atoms in total. The number of nitrogens with zero attached hydrogens (tertiary/aromatic N) is 1. The normalized spacial score (nSPS) is 11.6. The van der Waals surface area contributed by atoms with E-state index < -0.39 is 10.0 Å². The molecule has 0 bridgehead atoms. The first-order valence-corrected chi connectivity index (χ1v) is 9.95. The van der Waals surface area contributed by atoms with E-state index in [-0.39, 0.29) is 17.3 Å². The zero-order chi connectivity index (χ0) is 18.8. The van der Waals surface area contributed by atoms with E-state index in [0.717, 1.165) is 26.7 Å². The van der Waals surface area contributed by atoms with Gasteiger partial charge in [-0.15, -0.1) is 0 Å². The lowest BCUT2D eigenvalue weighted by Gasteiger charge is -2.19. The number of sulfonamides is 1. The molecule has 0 saturated carbocycles.